The molecule has 3 heterocycles. The van der Waals surface area contributed by atoms with Crippen LogP contribution in [0.25, 0.3) is 94.1 Å². The molecule has 0 bridgehead atoms. The highest BCUT2D eigenvalue weighted by molar-refractivity contribution is 6.14. The highest BCUT2D eigenvalue weighted by Crippen LogP contribution is 2.39. The lowest BCUT2D eigenvalue weighted by molar-refractivity contribution is 0.653. The van der Waals surface area contributed by atoms with Crippen molar-refractivity contribution in [2.45, 2.75) is 0 Å². The Morgan fingerprint density at radius 3 is 1.96 bits per heavy atom. The molecule has 10 rings (SSSR count). The van der Waals surface area contributed by atoms with Crippen molar-refractivity contribution in [3.63, 3.8) is 0 Å². The van der Waals surface area contributed by atoms with E-state index < -0.39 is 0 Å². The Morgan fingerprint density at radius 2 is 1.10 bits per heavy atom. The molecule has 4 nitrogen and oxygen atoms in total. The summed E-state index contributed by atoms with van der Waals surface area (Å²) in [5.74, 6) is 0.635. The topological polar surface area (TPSA) is 43.9 Å². The maximum Gasteiger partial charge on any atom is 0.231 e. The van der Waals surface area contributed by atoms with Crippen molar-refractivity contribution in [3.05, 3.63) is 164 Å². The van der Waals surface area contributed by atoms with Gasteiger partial charge in [0.05, 0.1) is 22.1 Å². The molecule has 0 saturated heterocycles. The van der Waals surface area contributed by atoms with Crippen LogP contribution < -0.4 is 0 Å². The number of fused-ring (bicyclic) bond motifs is 7. The molecule has 224 valence electrons. The third kappa shape index (κ3) is 4.16. The Kier molecular flexibility index (Phi) is 5.84. The number of furan rings is 1. The van der Waals surface area contributed by atoms with Gasteiger partial charge in [-0.3, -0.25) is 0 Å². The Hall–Kier alpha value is -6.52. The van der Waals surface area contributed by atoms with Crippen LogP contribution in [0.4, 0.5) is 0 Å². The van der Waals surface area contributed by atoms with Gasteiger partial charge in [-0.25, -0.2) is 4.98 Å². The van der Waals surface area contributed by atoms with E-state index in [-0.39, 0.29) is 0 Å². The zero-order chi connectivity index (χ0) is 31.6. The molecule has 0 spiro atoms. The van der Waals surface area contributed by atoms with Gasteiger partial charge in [0.15, 0.2) is 5.82 Å². The third-order valence-corrected chi connectivity index (χ3v) is 9.39. The zero-order valence-corrected chi connectivity index (χ0v) is 25.8. The first-order valence-electron chi connectivity index (χ1n) is 16.2. The van der Waals surface area contributed by atoms with E-state index in [0.29, 0.717) is 11.5 Å². The fraction of sp³-hybridized carbons (Fsp3) is 0. The van der Waals surface area contributed by atoms with Crippen molar-refractivity contribution in [1.82, 2.24) is 14.5 Å². The highest BCUT2D eigenvalue weighted by atomic mass is 16.3. The Balaban J connectivity index is 1.16. The van der Waals surface area contributed by atoms with Crippen molar-refractivity contribution >= 4 is 54.6 Å². The summed E-state index contributed by atoms with van der Waals surface area (Å²) in [5, 5.41) is 6.86. The summed E-state index contributed by atoms with van der Waals surface area (Å²) >= 11 is 0. The van der Waals surface area contributed by atoms with Crippen LogP contribution in [-0.4, -0.2) is 14.5 Å². The average molecular weight is 614 g/mol. The first kappa shape index (κ1) is 26.7. The molecule has 0 amide bonds. The second-order valence-corrected chi connectivity index (χ2v) is 12.2. The van der Waals surface area contributed by atoms with Crippen molar-refractivity contribution in [3.8, 4) is 39.5 Å². The van der Waals surface area contributed by atoms with E-state index in [2.05, 4.69) is 132 Å². The summed E-state index contributed by atoms with van der Waals surface area (Å²) < 4.78 is 8.67. The SMILES string of the molecule is c1ccc(-c2nc(-c3cccc(-c4ccc5c(c4)c4cc6ccccc6cc4n5-c4ccccc4)c3)nc3oc4ccccc4c23)cc1. The smallest absolute Gasteiger partial charge is 0.231 e. The minimum absolute atomic E-state index is 0.591. The third-order valence-electron chi connectivity index (χ3n) is 9.39. The molecule has 10 aromatic rings. The molecule has 7 aromatic carbocycles. The summed E-state index contributed by atoms with van der Waals surface area (Å²) in [6.07, 6.45) is 0. The molecule has 0 aliphatic rings. The Morgan fingerprint density at radius 1 is 0.438 bits per heavy atom. The van der Waals surface area contributed by atoms with Crippen LogP contribution in [0.2, 0.25) is 0 Å². The van der Waals surface area contributed by atoms with E-state index in [9.17, 15) is 0 Å². The predicted octanol–water partition coefficient (Wildman–Crippen LogP) is 11.6. The summed E-state index contributed by atoms with van der Waals surface area (Å²) in [4.78, 5) is 10.2. The van der Waals surface area contributed by atoms with Crippen LogP contribution >= 0.6 is 0 Å². The fourth-order valence-electron chi connectivity index (χ4n) is 7.14. The van der Waals surface area contributed by atoms with E-state index in [1.165, 1.54) is 32.6 Å². The Labute approximate surface area is 276 Å². The van der Waals surface area contributed by atoms with Crippen LogP contribution in [0.5, 0.6) is 0 Å². The molecule has 0 unspecified atom stereocenters. The van der Waals surface area contributed by atoms with Crippen LogP contribution in [-0.2, 0) is 0 Å². The Bertz CT molecular complexity index is 2830. The number of para-hydroxylation sites is 2. The standard InChI is InChI=1S/C44H27N3O/c1-3-12-28(13-4-1)42-41-35-20-9-10-21-40(35)48-44(41)46-43(45-42)33-17-11-16-29(24-33)32-22-23-38-36(26-32)37-25-30-14-7-8-15-31(30)27-39(37)47(38)34-18-5-2-6-19-34/h1-27H. The van der Waals surface area contributed by atoms with Gasteiger partial charge in [0.1, 0.15) is 5.58 Å². The van der Waals surface area contributed by atoms with E-state index in [0.717, 1.165) is 50.0 Å². The van der Waals surface area contributed by atoms with Crippen molar-refractivity contribution < 1.29 is 4.42 Å². The number of nitrogens with zero attached hydrogens (tertiary/aromatic N) is 3. The van der Waals surface area contributed by atoms with Gasteiger partial charge in [0, 0.05) is 33.0 Å². The minimum atomic E-state index is 0.591. The van der Waals surface area contributed by atoms with Crippen LogP contribution in [0.1, 0.15) is 0 Å². The quantitative estimate of drug-likeness (QED) is 0.198. The second-order valence-electron chi connectivity index (χ2n) is 12.2. The summed E-state index contributed by atoms with van der Waals surface area (Å²) in [7, 11) is 0. The van der Waals surface area contributed by atoms with Gasteiger partial charge in [0.2, 0.25) is 5.71 Å². The number of rotatable bonds is 4. The van der Waals surface area contributed by atoms with Gasteiger partial charge in [-0.1, -0.05) is 115 Å². The largest absolute Gasteiger partial charge is 0.438 e. The number of hydrogen-bond acceptors (Lipinski definition) is 3. The summed E-state index contributed by atoms with van der Waals surface area (Å²) in [6, 6.07) is 57.5. The molecule has 4 heteroatoms. The summed E-state index contributed by atoms with van der Waals surface area (Å²) in [6.45, 7) is 0. The molecule has 0 atom stereocenters. The van der Waals surface area contributed by atoms with Crippen LogP contribution in [0.15, 0.2) is 168 Å². The van der Waals surface area contributed by atoms with Gasteiger partial charge >= 0.3 is 0 Å². The second kappa shape index (κ2) is 10.5. The number of benzene rings is 7. The van der Waals surface area contributed by atoms with E-state index in [1.54, 1.807) is 0 Å². The van der Waals surface area contributed by atoms with Gasteiger partial charge < -0.3 is 8.98 Å². The van der Waals surface area contributed by atoms with Crippen LogP contribution in [0, 0.1) is 0 Å². The van der Waals surface area contributed by atoms with Gasteiger partial charge in [-0.15, -0.1) is 0 Å². The normalized spacial score (nSPS) is 11.8. The van der Waals surface area contributed by atoms with Crippen molar-refractivity contribution in [2.24, 2.45) is 0 Å². The van der Waals surface area contributed by atoms with Crippen molar-refractivity contribution in [2.75, 3.05) is 0 Å². The molecular formula is C44H27N3O. The molecule has 48 heavy (non-hydrogen) atoms. The predicted molar refractivity (Wildman–Crippen MR) is 197 cm³/mol. The molecule has 0 saturated carbocycles. The lowest BCUT2D eigenvalue weighted by atomic mass is 9.99. The lowest BCUT2D eigenvalue weighted by Gasteiger charge is -2.10. The van der Waals surface area contributed by atoms with Gasteiger partial charge in [0.25, 0.3) is 0 Å². The average Bonchev–Trinajstić information content (AvgIpc) is 3.69. The first-order chi connectivity index (χ1) is 23.8. The first-order valence-corrected chi connectivity index (χ1v) is 16.2. The van der Waals surface area contributed by atoms with E-state index >= 15 is 0 Å². The highest BCUT2D eigenvalue weighted by Gasteiger charge is 2.19. The van der Waals surface area contributed by atoms with E-state index in [4.69, 9.17) is 14.4 Å². The molecule has 0 N–H and O–H groups in total. The molecular weight excluding hydrogens is 587 g/mol. The summed E-state index contributed by atoms with van der Waals surface area (Å²) in [5.41, 5.74) is 9.99. The van der Waals surface area contributed by atoms with Crippen LogP contribution in [0.3, 0.4) is 0 Å². The molecule has 0 aliphatic carbocycles. The molecule has 3 aromatic heterocycles. The maximum atomic E-state index is 6.30. The monoisotopic (exact) mass is 613 g/mol. The molecule has 0 radical (unpaired) electrons. The maximum absolute atomic E-state index is 6.30. The minimum Gasteiger partial charge on any atom is -0.438 e. The molecule has 0 fully saturated rings. The fourth-order valence-corrected chi connectivity index (χ4v) is 7.14. The lowest BCUT2D eigenvalue weighted by Crippen LogP contribution is -1.94. The number of aromatic nitrogens is 3. The molecule has 0 aliphatic heterocycles. The van der Waals surface area contributed by atoms with Crippen molar-refractivity contribution in [1.29, 1.82) is 0 Å². The zero-order valence-electron chi connectivity index (χ0n) is 25.8. The van der Waals surface area contributed by atoms with Gasteiger partial charge in [-0.05, 0) is 70.4 Å². The number of hydrogen-bond donors (Lipinski definition) is 0. The van der Waals surface area contributed by atoms with Gasteiger partial charge in [-0.2, -0.15) is 4.98 Å². The van der Waals surface area contributed by atoms with E-state index in [1.807, 2.05) is 36.4 Å².